The third kappa shape index (κ3) is 1.79. The van der Waals surface area contributed by atoms with Crippen molar-refractivity contribution in [1.29, 1.82) is 0 Å². The molecule has 0 amide bonds. The Labute approximate surface area is 68.5 Å². The molecular formula is C8H11BN2. The Morgan fingerprint density at radius 2 is 2.00 bits per heavy atom. The number of hydrogen-bond acceptors (Lipinski definition) is 2. The van der Waals surface area contributed by atoms with Crippen molar-refractivity contribution < 1.29 is 0 Å². The molecule has 0 aliphatic heterocycles. The van der Waals surface area contributed by atoms with Gasteiger partial charge in [-0.25, -0.2) is 4.98 Å². The molecule has 0 atom stereocenters. The highest BCUT2D eigenvalue weighted by Gasteiger charge is 2.15. The van der Waals surface area contributed by atoms with E-state index in [0.29, 0.717) is 5.59 Å². The Bertz CT molecular complexity index is 253. The van der Waals surface area contributed by atoms with Crippen molar-refractivity contribution in [2.75, 3.05) is 0 Å². The molecule has 2 nitrogen and oxygen atoms in total. The third-order valence-corrected chi connectivity index (χ3v) is 1.55. The van der Waals surface area contributed by atoms with Gasteiger partial charge >= 0.3 is 0 Å². The minimum Gasteiger partial charge on any atom is -0.253 e. The molecule has 3 heteroatoms. The smallest absolute Gasteiger partial charge is 0.142 e. The van der Waals surface area contributed by atoms with E-state index in [2.05, 4.69) is 30.7 Å². The summed E-state index contributed by atoms with van der Waals surface area (Å²) in [5.41, 5.74) is 1.61. The Morgan fingerprint density at radius 1 is 1.36 bits per heavy atom. The van der Waals surface area contributed by atoms with Gasteiger partial charge in [0, 0.05) is 6.20 Å². The van der Waals surface area contributed by atoms with Crippen LogP contribution in [-0.2, 0) is 5.41 Å². The van der Waals surface area contributed by atoms with Gasteiger partial charge in [-0.15, -0.1) is 0 Å². The number of rotatable bonds is 0. The summed E-state index contributed by atoms with van der Waals surface area (Å²) in [5.74, 6) is 0. The highest BCUT2D eigenvalue weighted by atomic mass is 14.8. The first-order chi connectivity index (χ1) is 5.02. The van der Waals surface area contributed by atoms with Crippen molar-refractivity contribution in [3.05, 3.63) is 18.1 Å². The second-order valence-electron chi connectivity index (χ2n) is 3.57. The number of aromatic nitrogens is 2. The van der Waals surface area contributed by atoms with Crippen LogP contribution in [0.4, 0.5) is 0 Å². The van der Waals surface area contributed by atoms with E-state index in [4.69, 9.17) is 7.85 Å². The highest BCUT2D eigenvalue weighted by Crippen LogP contribution is 2.17. The molecule has 0 unspecified atom stereocenters. The number of hydrogen-bond donors (Lipinski definition) is 0. The maximum absolute atomic E-state index is 5.66. The van der Waals surface area contributed by atoms with E-state index in [-0.39, 0.29) is 5.41 Å². The van der Waals surface area contributed by atoms with Gasteiger partial charge in [0.1, 0.15) is 14.2 Å². The molecule has 56 valence electrons. The molecule has 0 spiro atoms. The van der Waals surface area contributed by atoms with Crippen molar-refractivity contribution in [2.45, 2.75) is 26.2 Å². The molecule has 0 saturated heterocycles. The second kappa shape index (κ2) is 2.64. The van der Waals surface area contributed by atoms with Crippen molar-refractivity contribution in [3.8, 4) is 0 Å². The summed E-state index contributed by atoms with van der Waals surface area (Å²) in [6, 6.07) is 0. The molecule has 0 N–H and O–H groups in total. The Morgan fingerprint density at radius 3 is 2.36 bits per heavy atom. The molecule has 11 heavy (non-hydrogen) atoms. The van der Waals surface area contributed by atoms with E-state index in [1.807, 2.05) is 0 Å². The minimum atomic E-state index is 0.0331. The maximum Gasteiger partial charge on any atom is 0.142 e. The van der Waals surface area contributed by atoms with Crippen LogP contribution in [0.3, 0.4) is 0 Å². The summed E-state index contributed by atoms with van der Waals surface area (Å²) >= 11 is 0. The first kappa shape index (κ1) is 8.24. The fraction of sp³-hybridized carbons (Fsp3) is 0.500. The molecule has 0 aliphatic carbocycles. The molecule has 0 bridgehead atoms. The lowest BCUT2D eigenvalue weighted by Gasteiger charge is -2.19. The van der Waals surface area contributed by atoms with Gasteiger partial charge in [0.05, 0.1) is 0 Å². The fourth-order valence-corrected chi connectivity index (χ4v) is 0.917. The predicted octanol–water partition coefficient (Wildman–Crippen LogP) is 0.568. The largest absolute Gasteiger partial charge is 0.253 e. The molecule has 0 aromatic carbocycles. The van der Waals surface area contributed by atoms with Crippen LogP contribution in [0.1, 0.15) is 26.3 Å². The molecule has 0 aliphatic rings. The summed E-state index contributed by atoms with van der Waals surface area (Å²) in [5, 5.41) is 0. The van der Waals surface area contributed by atoms with Crippen LogP contribution >= 0.6 is 0 Å². The van der Waals surface area contributed by atoms with E-state index in [1.54, 1.807) is 6.20 Å². The summed E-state index contributed by atoms with van der Waals surface area (Å²) in [4.78, 5) is 7.83. The van der Waals surface area contributed by atoms with Crippen molar-refractivity contribution >= 4 is 13.4 Å². The zero-order valence-electron chi connectivity index (χ0n) is 7.13. The zero-order chi connectivity index (χ0) is 8.48. The van der Waals surface area contributed by atoms with Crippen LogP contribution in [0.25, 0.3) is 0 Å². The van der Waals surface area contributed by atoms with Gasteiger partial charge in [0.25, 0.3) is 0 Å². The first-order valence-corrected chi connectivity index (χ1v) is 3.58. The van der Waals surface area contributed by atoms with Gasteiger partial charge in [-0.2, -0.15) is 0 Å². The van der Waals surface area contributed by atoms with Crippen LogP contribution in [-0.4, -0.2) is 17.8 Å². The van der Waals surface area contributed by atoms with Crippen molar-refractivity contribution in [1.82, 2.24) is 9.97 Å². The molecule has 1 aromatic rings. The summed E-state index contributed by atoms with van der Waals surface area (Å²) < 4.78 is 0. The molecule has 0 saturated carbocycles. The summed E-state index contributed by atoms with van der Waals surface area (Å²) in [7, 11) is 5.66. The minimum absolute atomic E-state index is 0.0331. The Kier molecular flexibility index (Phi) is 1.98. The van der Waals surface area contributed by atoms with Crippen molar-refractivity contribution in [3.63, 3.8) is 0 Å². The highest BCUT2D eigenvalue weighted by molar-refractivity contribution is 6.31. The normalized spacial score (nSPS) is 11.5. The fourth-order valence-electron chi connectivity index (χ4n) is 0.917. The Hall–Kier alpha value is -0.855. The van der Waals surface area contributed by atoms with E-state index in [1.165, 1.54) is 6.33 Å². The van der Waals surface area contributed by atoms with Gasteiger partial charge in [-0.1, -0.05) is 20.8 Å². The second-order valence-corrected chi connectivity index (χ2v) is 3.57. The molecule has 0 fully saturated rings. The van der Waals surface area contributed by atoms with E-state index in [9.17, 15) is 0 Å². The lowest BCUT2D eigenvalue weighted by molar-refractivity contribution is 0.589. The SMILES string of the molecule is [B]c1ncncc1C(C)(C)C. The Balaban J connectivity index is 3.14. The van der Waals surface area contributed by atoms with Crippen LogP contribution in [0.5, 0.6) is 0 Å². The van der Waals surface area contributed by atoms with E-state index in [0.717, 1.165) is 5.56 Å². The lowest BCUT2D eigenvalue weighted by Crippen LogP contribution is -2.25. The topological polar surface area (TPSA) is 25.8 Å². The van der Waals surface area contributed by atoms with Gasteiger partial charge < -0.3 is 0 Å². The summed E-state index contributed by atoms with van der Waals surface area (Å²) in [6.45, 7) is 6.26. The van der Waals surface area contributed by atoms with Crippen LogP contribution in [0, 0.1) is 0 Å². The quantitative estimate of drug-likeness (QED) is 0.500. The van der Waals surface area contributed by atoms with Gasteiger partial charge in [-0.05, 0) is 16.6 Å². The van der Waals surface area contributed by atoms with E-state index < -0.39 is 0 Å². The predicted molar refractivity (Wildman–Crippen MR) is 46.1 cm³/mol. The standard InChI is InChI=1S/C8H11BN2/c1-8(2,3)6-4-10-5-11-7(6)9/h4-5H,1-3H3. The lowest BCUT2D eigenvalue weighted by atomic mass is 9.82. The molecule has 1 aromatic heterocycles. The zero-order valence-corrected chi connectivity index (χ0v) is 7.13. The molecule has 1 heterocycles. The van der Waals surface area contributed by atoms with Gasteiger partial charge in [0.2, 0.25) is 0 Å². The van der Waals surface area contributed by atoms with Gasteiger partial charge in [-0.3, -0.25) is 4.98 Å². The van der Waals surface area contributed by atoms with Crippen LogP contribution in [0.15, 0.2) is 12.5 Å². The van der Waals surface area contributed by atoms with Crippen LogP contribution in [0.2, 0.25) is 0 Å². The molecule has 2 radical (unpaired) electrons. The van der Waals surface area contributed by atoms with Crippen LogP contribution < -0.4 is 5.59 Å². The van der Waals surface area contributed by atoms with Gasteiger partial charge in [0.15, 0.2) is 0 Å². The molecule has 1 rings (SSSR count). The summed E-state index contributed by atoms with van der Waals surface area (Å²) in [6.07, 6.45) is 3.23. The monoisotopic (exact) mass is 146 g/mol. The molecular weight excluding hydrogens is 135 g/mol. The average Bonchev–Trinajstić information content (AvgIpc) is 1.86. The van der Waals surface area contributed by atoms with E-state index >= 15 is 0 Å². The third-order valence-electron chi connectivity index (χ3n) is 1.55. The average molecular weight is 146 g/mol. The maximum atomic E-state index is 5.66. The first-order valence-electron chi connectivity index (χ1n) is 3.58. The van der Waals surface area contributed by atoms with Crippen molar-refractivity contribution in [2.24, 2.45) is 0 Å². The number of nitrogens with zero attached hydrogens (tertiary/aromatic N) is 2.